The van der Waals surface area contributed by atoms with Gasteiger partial charge in [0, 0.05) is 28.9 Å². The molecule has 0 aromatic heterocycles. The molecule has 0 spiro atoms. The fourth-order valence-electron chi connectivity index (χ4n) is 3.47. The number of methoxy groups -OCH3 is 1. The molecule has 0 bridgehead atoms. The van der Waals surface area contributed by atoms with E-state index in [0.717, 1.165) is 33.7 Å². The highest BCUT2D eigenvalue weighted by atomic mass is 35.5. The molecule has 0 saturated carbocycles. The number of hydrogen-bond donors (Lipinski definition) is 0. The molecule has 0 fully saturated rings. The van der Waals surface area contributed by atoms with E-state index in [1.165, 1.54) is 0 Å². The van der Waals surface area contributed by atoms with Crippen molar-refractivity contribution in [2.45, 2.75) is 0 Å². The quantitative estimate of drug-likeness (QED) is 0.344. The minimum atomic E-state index is -0.107. The van der Waals surface area contributed by atoms with Gasteiger partial charge in [0.15, 0.2) is 0 Å². The van der Waals surface area contributed by atoms with Crippen molar-refractivity contribution in [2.24, 2.45) is 0 Å². The molecule has 0 aliphatic heterocycles. The van der Waals surface area contributed by atoms with E-state index >= 15 is 0 Å². The molecule has 0 unspecified atom stereocenters. The third-order valence-electron chi connectivity index (χ3n) is 5.28. The van der Waals surface area contributed by atoms with Crippen molar-refractivity contribution in [3.8, 4) is 28.0 Å². The summed E-state index contributed by atoms with van der Waals surface area (Å²) in [5.41, 5.74) is 5.44. The highest BCUT2D eigenvalue weighted by molar-refractivity contribution is 6.33. The van der Waals surface area contributed by atoms with Crippen LogP contribution in [0.1, 0.15) is 10.4 Å². The first-order chi connectivity index (χ1) is 15.1. The Bertz CT molecular complexity index is 1190. The van der Waals surface area contributed by atoms with Gasteiger partial charge >= 0.3 is 0 Å². The standard InChI is InChI=1S/C27H22ClNO2/c1-29(23-13-15-24(31-2)16-14-23)27(30)22-12-17-26(28)25(18-22)21-10-8-20(9-11-21)19-6-4-3-5-7-19/h3-18H,1-2H3. The van der Waals surface area contributed by atoms with Crippen LogP contribution in [0.2, 0.25) is 5.02 Å². The van der Waals surface area contributed by atoms with Crippen LogP contribution in [0.3, 0.4) is 0 Å². The van der Waals surface area contributed by atoms with Crippen LogP contribution >= 0.6 is 11.6 Å². The third kappa shape index (κ3) is 4.47. The molecule has 4 heteroatoms. The van der Waals surface area contributed by atoms with Crippen LogP contribution < -0.4 is 9.64 Å². The van der Waals surface area contributed by atoms with E-state index in [9.17, 15) is 4.79 Å². The SMILES string of the molecule is COc1ccc(N(C)C(=O)c2ccc(Cl)c(-c3ccc(-c4ccccc4)cc3)c2)cc1. The van der Waals surface area contributed by atoms with E-state index in [1.807, 2.05) is 60.7 Å². The number of carbonyl (C=O) groups is 1. The fraction of sp³-hybridized carbons (Fsp3) is 0.0741. The first-order valence-corrected chi connectivity index (χ1v) is 10.3. The number of rotatable bonds is 5. The molecule has 0 N–H and O–H groups in total. The number of anilines is 1. The summed E-state index contributed by atoms with van der Waals surface area (Å²) in [5, 5.41) is 0.608. The van der Waals surface area contributed by atoms with Crippen molar-refractivity contribution in [3.05, 3.63) is 108 Å². The summed E-state index contributed by atoms with van der Waals surface area (Å²) >= 11 is 6.48. The zero-order valence-electron chi connectivity index (χ0n) is 17.4. The van der Waals surface area contributed by atoms with Crippen molar-refractivity contribution in [1.29, 1.82) is 0 Å². The van der Waals surface area contributed by atoms with Gasteiger partial charge in [-0.05, 0) is 59.2 Å². The number of benzene rings is 4. The van der Waals surface area contributed by atoms with Gasteiger partial charge < -0.3 is 9.64 Å². The summed E-state index contributed by atoms with van der Waals surface area (Å²) in [6.07, 6.45) is 0. The summed E-state index contributed by atoms with van der Waals surface area (Å²) in [5.74, 6) is 0.640. The zero-order valence-corrected chi connectivity index (χ0v) is 18.1. The van der Waals surface area contributed by atoms with Gasteiger partial charge in [0.05, 0.1) is 7.11 Å². The Hall–Kier alpha value is -3.56. The van der Waals surface area contributed by atoms with E-state index in [1.54, 1.807) is 31.2 Å². The fourth-order valence-corrected chi connectivity index (χ4v) is 3.70. The van der Waals surface area contributed by atoms with Gasteiger partial charge in [0.25, 0.3) is 5.91 Å². The highest BCUT2D eigenvalue weighted by Gasteiger charge is 2.16. The Labute approximate surface area is 187 Å². The lowest BCUT2D eigenvalue weighted by molar-refractivity contribution is 0.0993. The van der Waals surface area contributed by atoms with E-state index in [4.69, 9.17) is 16.3 Å². The number of carbonyl (C=O) groups excluding carboxylic acids is 1. The lowest BCUT2D eigenvalue weighted by Gasteiger charge is -2.18. The lowest BCUT2D eigenvalue weighted by Crippen LogP contribution is -2.26. The predicted molar refractivity (Wildman–Crippen MR) is 128 cm³/mol. The average molecular weight is 428 g/mol. The van der Waals surface area contributed by atoms with Crippen molar-refractivity contribution in [2.75, 3.05) is 19.1 Å². The second-order valence-electron chi connectivity index (χ2n) is 7.20. The molecular weight excluding hydrogens is 406 g/mol. The second kappa shape index (κ2) is 9.07. The van der Waals surface area contributed by atoms with Crippen molar-refractivity contribution < 1.29 is 9.53 Å². The molecule has 0 saturated heterocycles. The van der Waals surface area contributed by atoms with Gasteiger partial charge in [-0.1, -0.05) is 66.2 Å². The van der Waals surface area contributed by atoms with E-state index in [-0.39, 0.29) is 5.91 Å². The number of nitrogens with zero attached hydrogens (tertiary/aromatic N) is 1. The maximum Gasteiger partial charge on any atom is 0.258 e. The van der Waals surface area contributed by atoms with Gasteiger partial charge in [0.2, 0.25) is 0 Å². The van der Waals surface area contributed by atoms with Gasteiger partial charge in [-0.2, -0.15) is 0 Å². The molecule has 0 aliphatic rings. The third-order valence-corrected chi connectivity index (χ3v) is 5.61. The second-order valence-corrected chi connectivity index (χ2v) is 7.61. The van der Waals surface area contributed by atoms with Crippen LogP contribution in [0, 0.1) is 0 Å². The van der Waals surface area contributed by atoms with Crippen molar-refractivity contribution in [1.82, 2.24) is 0 Å². The first kappa shape index (κ1) is 20.7. The maximum atomic E-state index is 13.1. The molecule has 1 amide bonds. The molecule has 0 radical (unpaired) electrons. The normalized spacial score (nSPS) is 10.5. The number of halogens is 1. The number of ether oxygens (including phenoxy) is 1. The molecule has 0 heterocycles. The van der Waals surface area contributed by atoms with Crippen LogP contribution in [0.25, 0.3) is 22.3 Å². The molecule has 0 aliphatic carbocycles. The zero-order chi connectivity index (χ0) is 21.8. The molecule has 4 aromatic carbocycles. The summed E-state index contributed by atoms with van der Waals surface area (Å²) in [6, 6.07) is 31.2. The number of amides is 1. The Kier molecular flexibility index (Phi) is 6.06. The Morgan fingerprint density at radius 2 is 1.39 bits per heavy atom. The molecule has 31 heavy (non-hydrogen) atoms. The number of hydrogen-bond acceptors (Lipinski definition) is 2. The van der Waals surface area contributed by atoms with Gasteiger partial charge in [-0.15, -0.1) is 0 Å². The van der Waals surface area contributed by atoms with Crippen molar-refractivity contribution in [3.63, 3.8) is 0 Å². The maximum absolute atomic E-state index is 13.1. The van der Waals surface area contributed by atoms with Crippen LogP contribution in [0.15, 0.2) is 97.1 Å². The van der Waals surface area contributed by atoms with E-state index in [0.29, 0.717) is 10.6 Å². The average Bonchev–Trinajstić information content (AvgIpc) is 2.84. The molecule has 3 nitrogen and oxygen atoms in total. The minimum Gasteiger partial charge on any atom is -0.497 e. The Morgan fingerprint density at radius 3 is 2.03 bits per heavy atom. The molecule has 154 valence electrons. The predicted octanol–water partition coefficient (Wildman–Crippen LogP) is 6.96. The Morgan fingerprint density at radius 1 is 0.774 bits per heavy atom. The molecule has 4 rings (SSSR count). The molecule has 4 aromatic rings. The van der Waals surface area contributed by atoms with E-state index < -0.39 is 0 Å². The Balaban J connectivity index is 1.61. The first-order valence-electron chi connectivity index (χ1n) is 9.94. The molecular formula is C27H22ClNO2. The van der Waals surface area contributed by atoms with Crippen LogP contribution in [-0.2, 0) is 0 Å². The van der Waals surface area contributed by atoms with Gasteiger partial charge in [-0.3, -0.25) is 4.79 Å². The highest BCUT2D eigenvalue weighted by Crippen LogP contribution is 2.31. The largest absolute Gasteiger partial charge is 0.497 e. The van der Waals surface area contributed by atoms with Gasteiger partial charge in [0.1, 0.15) is 5.75 Å². The van der Waals surface area contributed by atoms with Crippen LogP contribution in [-0.4, -0.2) is 20.1 Å². The monoisotopic (exact) mass is 427 g/mol. The summed E-state index contributed by atoms with van der Waals surface area (Å²) in [7, 11) is 3.37. The summed E-state index contributed by atoms with van der Waals surface area (Å²) in [4.78, 5) is 14.7. The minimum absolute atomic E-state index is 0.107. The van der Waals surface area contributed by atoms with Gasteiger partial charge in [-0.25, -0.2) is 0 Å². The van der Waals surface area contributed by atoms with Crippen LogP contribution in [0.4, 0.5) is 5.69 Å². The summed E-state index contributed by atoms with van der Waals surface area (Å²) < 4.78 is 5.19. The summed E-state index contributed by atoms with van der Waals surface area (Å²) in [6.45, 7) is 0. The topological polar surface area (TPSA) is 29.5 Å². The molecule has 0 atom stereocenters. The smallest absolute Gasteiger partial charge is 0.258 e. The lowest BCUT2D eigenvalue weighted by atomic mass is 9.99. The van der Waals surface area contributed by atoms with Crippen molar-refractivity contribution >= 4 is 23.2 Å². The van der Waals surface area contributed by atoms with E-state index in [2.05, 4.69) is 24.3 Å². The van der Waals surface area contributed by atoms with Crippen LogP contribution in [0.5, 0.6) is 5.75 Å².